The van der Waals surface area contributed by atoms with Crippen LogP contribution in [0.3, 0.4) is 0 Å². The van der Waals surface area contributed by atoms with E-state index in [9.17, 15) is 14.4 Å². The number of hydrogen-bond donors (Lipinski definition) is 1. The monoisotopic (exact) mass is 333 g/mol. The van der Waals surface area contributed by atoms with Gasteiger partial charge in [-0.3, -0.25) is 18.7 Å². The van der Waals surface area contributed by atoms with Gasteiger partial charge < -0.3 is 5.32 Å². The third-order valence-electron chi connectivity index (χ3n) is 3.18. The molecule has 1 heterocycles. The molecule has 0 atom stereocenters. The van der Waals surface area contributed by atoms with Crippen LogP contribution in [-0.2, 0) is 17.9 Å². The Bertz CT molecular complexity index is 839. The highest BCUT2D eigenvalue weighted by molar-refractivity contribution is 6.31. The van der Waals surface area contributed by atoms with Gasteiger partial charge in [0.25, 0.3) is 5.56 Å². The average Bonchev–Trinajstić information content (AvgIpc) is 2.54. The first kappa shape index (κ1) is 16.8. The van der Waals surface area contributed by atoms with Crippen molar-refractivity contribution in [3.63, 3.8) is 0 Å². The number of hydrogen-bond acceptors (Lipinski definition) is 3. The summed E-state index contributed by atoms with van der Waals surface area (Å²) in [5.74, 6) is -0.431. The molecule has 23 heavy (non-hydrogen) atoms. The Kier molecular flexibility index (Phi) is 5.54. The third-order valence-corrected chi connectivity index (χ3v) is 3.55. The fourth-order valence-electron chi connectivity index (χ4n) is 2.02. The zero-order chi connectivity index (χ0) is 16.8. The van der Waals surface area contributed by atoms with E-state index in [4.69, 9.17) is 11.6 Å². The molecule has 2 aromatic rings. The van der Waals surface area contributed by atoms with E-state index in [1.54, 1.807) is 18.2 Å². The second-order valence-electron chi connectivity index (χ2n) is 4.83. The summed E-state index contributed by atoms with van der Waals surface area (Å²) in [6, 6.07) is 8.37. The molecule has 0 spiro atoms. The molecule has 7 heteroatoms. The van der Waals surface area contributed by atoms with Crippen LogP contribution in [0.5, 0.6) is 0 Å². The number of benzene rings is 1. The number of nitrogens with one attached hydrogen (secondary N) is 1. The SMILES string of the molecule is C=CCNC(=O)Cn1c(=O)ccn(Cc2ccccc2Cl)c1=O. The van der Waals surface area contributed by atoms with E-state index in [1.807, 2.05) is 6.07 Å². The zero-order valence-corrected chi connectivity index (χ0v) is 13.1. The summed E-state index contributed by atoms with van der Waals surface area (Å²) >= 11 is 6.08. The summed E-state index contributed by atoms with van der Waals surface area (Å²) in [4.78, 5) is 36.0. The van der Waals surface area contributed by atoms with Gasteiger partial charge in [-0.2, -0.15) is 0 Å². The molecule has 120 valence electrons. The van der Waals surface area contributed by atoms with Gasteiger partial charge in [0.1, 0.15) is 6.54 Å². The van der Waals surface area contributed by atoms with Gasteiger partial charge >= 0.3 is 5.69 Å². The topological polar surface area (TPSA) is 73.1 Å². The third kappa shape index (κ3) is 4.20. The lowest BCUT2D eigenvalue weighted by molar-refractivity contribution is -0.121. The Balaban J connectivity index is 2.30. The smallest absolute Gasteiger partial charge is 0.331 e. The molecule has 6 nitrogen and oxygen atoms in total. The number of carbonyl (C=O) groups excluding carboxylic acids is 1. The Hall–Kier alpha value is -2.60. The van der Waals surface area contributed by atoms with Crippen LogP contribution in [0.1, 0.15) is 5.56 Å². The molecule has 0 fully saturated rings. The molecular weight excluding hydrogens is 318 g/mol. The van der Waals surface area contributed by atoms with Crippen LogP contribution >= 0.6 is 11.6 Å². The van der Waals surface area contributed by atoms with Gasteiger partial charge in [0.2, 0.25) is 5.91 Å². The van der Waals surface area contributed by atoms with Gasteiger partial charge in [0, 0.05) is 23.8 Å². The van der Waals surface area contributed by atoms with Crippen molar-refractivity contribution in [3.8, 4) is 0 Å². The predicted molar refractivity (Wildman–Crippen MR) is 88.7 cm³/mol. The fraction of sp³-hybridized carbons (Fsp3) is 0.188. The van der Waals surface area contributed by atoms with Crippen LogP contribution in [0, 0.1) is 0 Å². The molecule has 0 unspecified atom stereocenters. The molecule has 2 rings (SSSR count). The Labute approximate surface area is 137 Å². The molecular formula is C16H16ClN3O3. The minimum Gasteiger partial charge on any atom is -0.351 e. The van der Waals surface area contributed by atoms with Crippen LogP contribution in [0.15, 0.2) is 58.8 Å². The van der Waals surface area contributed by atoms with E-state index in [1.165, 1.54) is 22.9 Å². The van der Waals surface area contributed by atoms with Crippen molar-refractivity contribution >= 4 is 17.5 Å². The standard InChI is InChI=1S/C16H16ClN3O3/c1-2-8-18-14(21)11-20-15(22)7-9-19(16(20)23)10-12-5-3-4-6-13(12)17/h2-7,9H,1,8,10-11H2,(H,18,21). The summed E-state index contributed by atoms with van der Waals surface area (Å²) < 4.78 is 2.22. The van der Waals surface area contributed by atoms with Crippen LogP contribution < -0.4 is 16.6 Å². The van der Waals surface area contributed by atoms with E-state index in [-0.39, 0.29) is 19.6 Å². The molecule has 0 aliphatic carbocycles. The maximum absolute atomic E-state index is 12.4. The highest BCUT2D eigenvalue weighted by atomic mass is 35.5. The second-order valence-corrected chi connectivity index (χ2v) is 5.24. The lowest BCUT2D eigenvalue weighted by Gasteiger charge is -2.10. The van der Waals surface area contributed by atoms with Gasteiger partial charge in [-0.05, 0) is 11.6 Å². The average molecular weight is 334 g/mol. The summed E-state index contributed by atoms with van der Waals surface area (Å²) in [6.45, 7) is 3.63. The van der Waals surface area contributed by atoms with Crippen LogP contribution in [0.2, 0.25) is 5.02 Å². The maximum atomic E-state index is 12.4. The predicted octanol–water partition coefficient (Wildman–Crippen LogP) is 1.01. The van der Waals surface area contributed by atoms with E-state index >= 15 is 0 Å². The molecule has 0 saturated heterocycles. The Morgan fingerprint density at radius 3 is 2.70 bits per heavy atom. The van der Waals surface area contributed by atoms with Crippen molar-refractivity contribution in [2.24, 2.45) is 0 Å². The van der Waals surface area contributed by atoms with Crippen molar-refractivity contribution < 1.29 is 4.79 Å². The summed E-state index contributed by atoms with van der Waals surface area (Å²) in [5, 5.41) is 3.06. The zero-order valence-electron chi connectivity index (χ0n) is 12.4. The van der Waals surface area contributed by atoms with Crippen molar-refractivity contribution in [2.75, 3.05) is 6.54 Å². The minimum atomic E-state index is -0.564. The normalized spacial score (nSPS) is 10.3. The Morgan fingerprint density at radius 2 is 2.00 bits per heavy atom. The molecule has 0 bridgehead atoms. The first-order valence-electron chi connectivity index (χ1n) is 6.94. The number of halogens is 1. The summed E-state index contributed by atoms with van der Waals surface area (Å²) in [5.41, 5.74) is -0.345. The number of aromatic nitrogens is 2. The number of amides is 1. The molecule has 0 aliphatic heterocycles. The molecule has 0 saturated carbocycles. The molecule has 1 aromatic carbocycles. The number of nitrogens with zero attached hydrogens (tertiary/aromatic N) is 2. The molecule has 1 N–H and O–H groups in total. The lowest BCUT2D eigenvalue weighted by Crippen LogP contribution is -2.43. The molecule has 0 aliphatic rings. The van der Waals surface area contributed by atoms with Gasteiger partial charge in [0.15, 0.2) is 0 Å². The number of rotatable bonds is 6. The van der Waals surface area contributed by atoms with Crippen LogP contribution in [0.4, 0.5) is 0 Å². The Morgan fingerprint density at radius 1 is 1.26 bits per heavy atom. The summed E-state index contributed by atoms with van der Waals surface area (Å²) in [7, 11) is 0. The van der Waals surface area contributed by atoms with Gasteiger partial charge in [-0.1, -0.05) is 35.9 Å². The highest BCUT2D eigenvalue weighted by Gasteiger charge is 2.10. The molecule has 1 aromatic heterocycles. The van der Waals surface area contributed by atoms with Gasteiger partial charge in [-0.25, -0.2) is 4.79 Å². The quantitative estimate of drug-likeness (QED) is 0.802. The molecule has 0 radical (unpaired) electrons. The van der Waals surface area contributed by atoms with Crippen molar-refractivity contribution in [1.82, 2.24) is 14.5 Å². The minimum absolute atomic E-state index is 0.215. The van der Waals surface area contributed by atoms with Gasteiger partial charge in [-0.15, -0.1) is 6.58 Å². The van der Waals surface area contributed by atoms with Gasteiger partial charge in [0.05, 0.1) is 6.54 Å². The van der Waals surface area contributed by atoms with Crippen molar-refractivity contribution in [1.29, 1.82) is 0 Å². The fourth-order valence-corrected chi connectivity index (χ4v) is 2.21. The first-order chi connectivity index (χ1) is 11.0. The maximum Gasteiger partial charge on any atom is 0.331 e. The van der Waals surface area contributed by atoms with E-state index in [2.05, 4.69) is 11.9 Å². The number of carbonyl (C=O) groups is 1. The van der Waals surface area contributed by atoms with E-state index in [0.717, 1.165) is 10.1 Å². The second kappa shape index (κ2) is 7.60. The van der Waals surface area contributed by atoms with E-state index in [0.29, 0.717) is 5.02 Å². The highest BCUT2D eigenvalue weighted by Crippen LogP contribution is 2.15. The van der Waals surface area contributed by atoms with Crippen molar-refractivity contribution in [2.45, 2.75) is 13.1 Å². The largest absolute Gasteiger partial charge is 0.351 e. The van der Waals surface area contributed by atoms with Crippen LogP contribution in [-0.4, -0.2) is 21.6 Å². The van der Waals surface area contributed by atoms with Crippen LogP contribution in [0.25, 0.3) is 0 Å². The van der Waals surface area contributed by atoms with Crippen molar-refractivity contribution in [3.05, 3.63) is 80.6 Å². The van der Waals surface area contributed by atoms with E-state index < -0.39 is 17.2 Å². The first-order valence-corrected chi connectivity index (χ1v) is 7.32. The molecule has 1 amide bonds. The summed E-state index contributed by atoms with van der Waals surface area (Å²) in [6.07, 6.45) is 2.91. The lowest BCUT2D eigenvalue weighted by atomic mass is 10.2.